The second-order valence-electron chi connectivity index (χ2n) is 3.67. The van der Waals surface area contributed by atoms with Crippen LogP contribution in [0.5, 0.6) is 5.88 Å². The molecule has 1 aromatic rings. The fourth-order valence-electron chi connectivity index (χ4n) is 1.27. The minimum atomic E-state index is 0.500. The lowest BCUT2D eigenvalue weighted by molar-refractivity contribution is 0.0963. The van der Waals surface area contributed by atoms with Crippen LogP contribution in [0.2, 0.25) is 0 Å². The molecule has 0 aliphatic heterocycles. The summed E-state index contributed by atoms with van der Waals surface area (Å²) in [5.41, 5.74) is 0. The Morgan fingerprint density at radius 3 is 2.67 bits per heavy atom. The lowest BCUT2D eigenvalue weighted by Crippen LogP contribution is -2.09. The van der Waals surface area contributed by atoms with E-state index >= 15 is 0 Å². The van der Waals surface area contributed by atoms with E-state index in [0.29, 0.717) is 19.1 Å². The zero-order valence-electron chi connectivity index (χ0n) is 10.6. The number of halogens is 2. The van der Waals surface area contributed by atoms with Crippen LogP contribution in [0.15, 0.2) is 15.0 Å². The molecule has 0 unspecified atom stereocenters. The molecule has 0 amide bonds. The van der Waals surface area contributed by atoms with E-state index in [1.807, 2.05) is 13.1 Å². The summed E-state index contributed by atoms with van der Waals surface area (Å²) < 4.78 is 12.7. The van der Waals surface area contributed by atoms with E-state index in [1.54, 1.807) is 0 Å². The molecule has 0 radical (unpaired) electrons. The SMILES string of the molecule is CCCCOCCOc1nc(NC)c(Br)cc1Br. The van der Waals surface area contributed by atoms with Gasteiger partial charge in [0.25, 0.3) is 0 Å². The van der Waals surface area contributed by atoms with Crippen LogP contribution < -0.4 is 10.1 Å². The Balaban J connectivity index is 2.42. The smallest absolute Gasteiger partial charge is 0.230 e. The zero-order chi connectivity index (χ0) is 13.4. The van der Waals surface area contributed by atoms with E-state index in [0.717, 1.165) is 34.2 Å². The molecular weight excluding hydrogens is 364 g/mol. The molecule has 6 heteroatoms. The summed E-state index contributed by atoms with van der Waals surface area (Å²) in [7, 11) is 1.82. The van der Waals surface area contributed by atoms with Gasteiger partial charge in [-0.25, -0.2) is 0 Å². The number of hydrogen-bond donors (Lipinski definition) is 1. The largest absolute Gasteiger partial charge is 0.474 e. The highest BCUT2D eigenvalue weighted by Gasteiger charge is 2.08. The van der Waals surface area contributed by atoms with Gasteiger partial charge in [-0.2, -0.15) is 4.98 Å². The summed E-state index contributed by atoms with van der Waals surface area (Å²) in [6.07, 6.45) is 2.23. The van der Waals surface area contributed by atoms with Crippen LogP contribution in [0.1, 0.15) is 19.8 Å². The Hall–Kier alpha value is -0.330. The molecule has 1 heterocycles. The average molecular weight is 382 g/mol. The van der Waals surface area contributed by atoms with Crippen molar-refractivity contribution in [2.45, 2.75) is 19.8 Å². The number of aromatic nitrogens is 1. The zero-order valence-corrected chi connectivity index (χ0v) is 13.8. The Labute approximate surface area is 125 Å². The highest BCUT2D eigenvalue weighted by molar-refractivity contribution is 9.11. The first-order valence-electron chi connectivity index (χ1n) is 5.93. The molecule has 0 aliphatic rings. The Morgan fingerprint density at radius 1 is 1.22 bits per heavy atom. The number of nitrogens with one attached hydrogen (secondary N) is 1. The van der Waals surface area contributed by atoms with Crippen molar-refractivity contribution in [1.82, 2.24) is 4.98 Å². The molecule has 102 valence electrons. The third-order valence-corrected chi connectivity index (χ3v) is 3.42. The fourth-order valence-corrected chi connectivity index (χ4v) is 2.53. The number of nitrogens with zero attached hydrogens (tertiary/aromatic N) is 1. The molecule has 0 saturated heterocycles. The molecule has 0 spiro atoms. The molecule has 0 fully saturated rings. The van der Waals surface area contributed by atoms with Crippen molar-refractivity contribution in [3.05, 3.63) is 15.0 Å². The first-order valence-corrected chi connectivity index (χ1v) is 7.52. The van der Waals surface area contributed by atoms with Crippen LogP contribution in [0, 0.1) is 0 Å². The van der Waals surface area contributed by atoms with Crippen molar-refractivity contribution in [2.75, 3.05) is 32.2 Å². The molecule has 0 aliphatic carbocycles. The molecule has 18 heavy (non-hydrogen) atoms. The molecule has 0 saturated carbocycles. The molecular formula is C12H18Br2N2O2. The number of anilines is 1. The van der Waals surface area contributed by atoms with Gasteiger partial charge >= 0.3 is 0 Å². The standard InChI is InChI=1S/C12H18Br2N2O2/c1-3-4-5-17-6-7-18-12-10(14)8-9(13)11(15-2)16-12/h8H,3-7H2,1-2H3,(H,15,16). The molecule has 0 atom stereocenters. The number of pyridine rings is 1. The summed E-state index contributed by atoms with van der Waals surface area (Å²) >= 11 is 6.83. The summed E-state index contributed by atoms with van der Waals surface area (Å²) in [5, 5.41) is 2.99. The normalized spacial score (nSPS) is 10.4. The van der Waals surface area contributed by atoms with Gasteiger partial charge in [-0.1, -0.05) is 13.3 Å². The molecule has 1 N–H and O–H groups in total. The molecule has 4 nitrogen and oxygen atoms in total. The summed E-state index contributed by atoms with van der Waals surface area (Å²) in [4.78, 5) is 4.34. The van der Waals surface area contributed by atoms with Crippen LogP contribution in [0.25, 0.3) is 0 Å². The Morgan fingerprint density at radius 2 is 2.00 bits per heavy atom. The van der Waals surface area contributed by atoms with Crippen molar-refractivity contribution in [2.24, 2.45) is 0 Å². The fraction of sp³-hybridized carbons (Fsp3) is 0.583. The predicted molar refractivity (Wildman–Crippen MR) is 80.4 cm³/mol. The summed E-state index contributed by atoms with van der Waals surface area (Å²) in [6, 6.07) is 1.91. The van der Waals surface area contributed by atoms with E-state index < -0.39 is 0 Å². The van der Waals surface area contributed by atoms with E-state index in [1.165, 1.54) is 0 Å². The van der Waals surface area contributed by atoms with Gasteiger partial charge < -0.3 is 14.8 Å². The minimum Gasteiger partial charge on any atom is -0.474 e. The van der Waals surface area contributed by atoms with E-state index in [4.69, 9.17) is 9.47 Å². The first-order chi connectivity index (χ1) is 8.69. The lowest BCUT2D eigenvalue weighted by atomic mass is 10.4. The summed E-state index contributed by atoms with van der Waals surface area (Å²) in [6.45, 7) is 4.01. The maximum Gasteiger partial charge on any atom is 0.230 e. The third kappa shape index (κ3) is 5.12. The van der Waals surface area contributed by atoms with E-state index in [2.05, 4.69) is 49.1 Å². The quantitative estimate of drug-likeness (QED) is 0.694. The average Bonchev–Trinajstić information content (AvgIpc) is 2.36. The van der Waals surface area contributed by atoms with Crippen molar-refractivity contribution in [1.29, 1.82) is 0 Å². The molecule has 1 aromatic heterocycles. The van der Waals surface area contributed by atoms with Gasteiger partial charge in [-0.3, -0.25) is 0 Å². The molecule has 0 aromatic carbocycles. The van der Waals surface area contributed by atoms with Crippen molar-refractivity contribution < 1.29 is 9.47 Å². The second-order valence-corrected chi connectivity index (χ2v) is 5.38. The van der Waals surface area contributed by atoms with Gasteiger partial charge in [0.1, 0.15) is 12.4 Å². The predicted octanol–water partition coefficient (Wildman–Crippen LogP) is 3.84. The van der Waals surface area contributed by atoms with Crippen LogP contribution >= 0.6 is 31.9 Å². The van der Waals surface area contributed by atoms with Crippen molar-refractivity contribution in [3.8, 4) is 5.88 Å². The highest BCUT2D eigenvalue weighted by atomic mass is 79.9. The van der Waals surface area contributed by atoms with Gasteiger partial charge in [-0.05, 0) is 44.3 Å². The molecule has 0 bridgehead atoms. The van der Waals surface area contributed by atoms with Crippen LogP contribution in [0.3, 0.4) is 0 Å². The maximum atomic E-state index is 5.57. The second kappa shape index (κ2) is 8.72. The van der Waals surface area contributed by atoms with Gasteiger partial charge in [0.2, 0.25) is 5.88 Å². The minimum absolute atomic E-state index is 0.500. The maximum absolute atomic E-state index is 5.57. The number of hydrogen-bond acceptors (Lipinski definition) is 4. The Bertz CT molecular complexity index is 375. The number of unbranched alkanes of at least 4 members (excludes halogenated alkanes) is 1. The van der Waals surface area contributed by atoms with Crippen LogP contribution in [-0.4, -0.2) is 31.9 Å². The summed E-state index contributed by atoms with van der Waals surface area (Å²) in [5.74, 6) is 1.32. The van der Waals surface area contributed by atoms with E-state index in [-0.39, 0.29) is 0 Å². The third-order valence-electron chi connectivity index (χ3n) is 2.24. The van der Waals surface area contributed by atoms with Gasteiger partial charge in [0, 0.05) is 13.7 Å². The van der Waals surface area contributed by atoms with Crippen LogP contribution in [-0.2, 0) is 4.74 Å². The first kappa shape index (κ1) is 15.7. The number of rotatable bonds is 8. The van der Waals surface area contributed by atoms with Crippen molar-refractivity contribution >= 4 is 37.7 Å². The van der Waals surface area contributed by atoms with Crippen molar-refractivity contribution in [3.63, 3.8) is 0 Å². The topological polar surface area (TPSA) is 43.4 Å². The van der Waals surface area contributed by atoms with Gasteiger partial charge in [0.15, 0.2) is 0 Å². The highest BCUT2D eigenvalue weighted by Crippen LogP contribution is 2.30. The monoisotopic (exact) mass is 380 g/mol. The lowest BCUT2D eigenvalue weighted by Gasteiger charge is -2.10. The van der Waals surface area contributed by atoms with Gasteiger partial charge in [-0.15, -0.1) is 0 Å². The van der Waals surface area contributed by atoms with E-state index in [9.17, 15) is 0 Å². The van der Waals surface area contributed by atoms with Gasteiger partial charge in [0.05, 0.1) is 15.6 Å². The Kier molecular flexibility index (Phi) is 7.62. The molecule has 1 rings (SSSR count). The number of ether oxygens (including phenoxy) is 2. The van der Waals surface area contributed by atoms with Crippen LogP contribution in [0.4, 0.5) is 5.82 Å².